The predicted molar refractivity (Wildman–Crippen MR) is 69.0 cm³/mol. The molecular weight excluding hydrogens is 232 g/mol. The minimum Gasteiger partial charge on any atom is -0.480 e. The SMILES string of the molecule is CC(N)CCCC(C)C(=O)N1CCC[C@@H]1C(=O)O. The van der Waals surface area contributed by atoms with E-state index in [-0.39, 0.29) is 17.9 Å². The van der Waals surface area contributed by atoms with E-state index in [0.29, 0.717) is 13.0 Å². The second kappa shape index (κ2) is 6.73. The molecule has 0 saturated carbocycles. The Morgan fingerprint density at radius 2 is 2.06 bits per heavy atom. The van der Waals surface area contributed by atoms with E-state index in [1.165, 1.54) is 4.90 Å². The van der Waals surface area contributed by atoms with Gasteiger partial charge in [-0.3, -0.25) is 4.79 Å². The Balaban J connectivity index is 2.45. The van der Waals surface area contributed by atoms with Gasteiger partial charge in [-0.1, -0.05) is 13.3 Å². The Bertz CT molecular complexity index is 305. The van der Waals surface area contributed by atoms with E-state index in [0.717, 1.165) is 25.7 Å². The van der Waals surface area contributed by atoms with Crippen LogP contribution in [-0.2, 0) is 9.59 Å². The lowest BCUT2D eigenvalue weighted by Crippen LogP contribution is -2.43. The van der Waals surface area contributed by atoms with E-state index in [2.05, 4.69) is 0 Å². The fourth-order valence-electron chi connectivity index (χ4n) is 2.44. The Morgan fingerprint density at radius 1 is 1.39 bits per heavy atom. The van der Waals surface area contributed by atoms with Gasteiger partial charge in [0.1, 0.15) is 6.04 Å². The van der Waals surface area contributed by atoms with Gasteiger partial charge in [-0.05, 0) is 32.6 Å². The van der Waals surface area contributed by atoms with Crippen LogP contribution >= 0.6 is 0 Å². The summed E-state index contributed by atoms with van der Waals surface area (Å²) in [5.74, 6) is -1.02. The molecule has 0 bridgehead atoms. The zero-order chi connectivity index (χ0) is 13.7. The van der Waals surface area contributed by atoms with Crippen molar-refractivity contribution >= 4 is 11.9 Å². The Morgan fingerprint density at radius 3 is 2.61 bits per heavy atom. The van der Waals surface area contributed by atoms with Crippen LogP contribution in [0.5, 0.6) is 0 Å². The maximum atomic E-state index is 12.2. The van der Waals surface area contributed by atoms with E-state index >= 15 is 0 Å². The van der Waals surface area contributed by atoms with Gasteiger partial charge in [0.15, 0.2) is 0 Å². The van der Waals surface area contributed by atoms with E-state index in [1.807, 2.05) is 13.8 Å². The molecule has 1 rings (SSSR count). The van der Waals surface area contributed by atoms with Gasteiger partial charge in [-0.25, -0.2) is 4.79 Å². The van der Waals surface area contributed by atoms with Crippen LogP contribution in [0.2, 0.25) is 0 Å². The fourth-order valence-corrected chi connectivity index (χ4v) is 2.44. The third-order valence-electron chi connectivity index (χ3n) is 3.54. The van der Waals surface area contributed by atoms with Gasteiger partial charge in [0.05, 0.1) is 0 Å². The van der Waals surface area contributed by atoms with Crippen LogP contribution in [0.25, 0.3) is 0 Å². The standard InChI is InChI=1S/C13H24N2O3/c1-9(5-3-6-10(2)14)12(16)15-8-4-7-11(15)13(17)18/h9-11H,3-8,14H2,1-2H3,(H,17,18)/t9?,10?,11-/m1/s1. The Kier molecular flexibility index (Phi) is 5.59. The summed E-state index contributed by atoms with van der Waals surface area (Å²) in [6, 6.07) is -0.459. The van der Waals surface area contributed by atoms with Crippen LogP contribution < -0.4 is 5.73 Å². The number of hydrogen-bond acceptors (Lipinski definition) is 3. The number of nitrogens with two attached hydrogens (primary N) is 1. The van der Waals surface area contributed by atoms with Crippen molar-refractivity contribution in [1.82, 2.24) is 4.90 Å². The zero-order valence-electron chi connectivity index (χ0n) is 11.3. The first-order chi connectivity index (χ1) is 8.43. The third-order valence-corrected chi connectivity index (χ3v) is 3.54. The normalized spacial score (nSPS) is 22.8. The van der Waals surface area contributed by atoms with Gasteiger partial charge in [0.25, 0.3) is 0 Å². The van der Waals surface area contributed by atoms with Crippen LogP contribution in [0.4, 0.5) is 0 Å². The number of carboxylic acids is 1. The third kappa shape index (κ3) is 3.98. The van der Waals surface area contributed by atoms with Crippen LogP contribution in [0, 0.1) is 5.92 Å². The number of carbonyl (C=O) groups excluding carboxylic acids is 1. The molecule has 0 aromatic carbocycles. The van der Waals surface area contributed by atoms with Crippen molar-refractivity contribution < 1.29 is 14.7 Å². The summed E-state index contributed by atoms with van der Waals surface area (Å²) in [5, 5.41) is 9.05. The highest BCUT2D eigenvalue weighted by Gasteiger charge is 2.35. The Hall–Kier alpha value is -1.10. The quantitative estimate of drug-likeness (QED) is 0.748. The van der Waals surface area contributed by atoms with Gasteiger partial charge in [-0.2, -0.15) is 0 Å². The minimum atomic E-state index is -0.886. The van der Waals surface area contributed by atoms with Crippen LogP contribution in [-0.4, -0.2) is 40.5 Å². The number of hydrogen-bond donors (Lipinski definition) is 2. The molecule has 1 heterocycles. The summed E-state index contributed by atoms with van der Waals surface area (Å²) >= 11 is 0. The molecule has 0 radical (unpaired) electrons. The monoisotopic (exact) mass is 256 g/mol. The molecule has 1 amide bonds. The Labute approximate surface area is 108 Å². The number of likely N-dealkylation sites (tertiary alicyclic amines) is 1. The maximum Gasteiger partial charge on any atom is 0.326 e. The van der Waals surface area contributed by atoms with Crippen molar-refractivity contribution in [1.29, 1.82) is 0 Å². The highest BCUT2D eigenvalue weighted by Crippen LogP contribution is 2.22. The molecule has 5 nitrogen and oxygen atoms in total. The van der Waals surface area contributed by atoms with Crippen molar-refractivity contribution in [3.63, 3.8) is 0 Å². The van der Waals surface area contributed by atoms with E-state index in [9.17, 15) is 9.59 Å². The average molecular weight is 256 g/mol. The van der Waals surface area contributed by atoms with Gasteiger partial charge in [0, 0.05) is 18.5 Å². The summed E-state index contributed by atoms with van der Waals surface area (Å²) in [6.45, 7) is 4.40. The maximum absolute atomic E-state index is 12.2. The number of carboxylic acid groups (broad SMARTS) is 1. The van der Waals surface area contributed by atoms with Crippen molar-refractivity contribution in [2.75, 3.05) is 6.54 Å². The summed E-state index contributed by atoms with van der Waals surface area (Å²) < 4.78 is 0. The second-order valence-electron chi connectivity index (χ2n) is 5.34. The minimum absolute atomic E-state index is 0.0235. The van der Waals surface area contributed by atoms with Gasteiger partial charge in [0.2, 0.25) is 5.91 Å². The largest absolute Gasteiger partial charge is 0.480 e. The zero-order valence-corrected chi connectivity index (χ0v) is 11.3. The van der Waals surface area contributed by atoms with Crippen LogP contribution in [0.1, 0.15) is 46.0 Å². The molecule has 2 unspecified atom stereocenters. The second-order valence-corrected chi connectivity index (χ2v) is 5.34. The summed E-state index contributed by atoms with van der Waals surface area (Å²) in [7, 11) is 0. The molecule has 1 saturated heterocycles. The van der Waals surface area contributed by atoms with Crippen LogP contribution in [0.15, 0.2) is 0 Å². The number of aliphatic carboxylic acids is 1. The topological polar surface area (TPSA) is 83.6 Å². The first-order valence-corrected chi connectivity index (χ1v) is 6.72. The van der Waals surface area contributed by atoms with Gasteiger partial charge < -0.3 is 15.7 Å². The molecule has 1 aliphatic heterocycles. The molecular formula is C13H24N2O3. The molecule has 1 fully saturated rings. The molecule has 18 heavy (non-hydrogen) atoms. The molecule has 5 heteroatoms. The summed E-state index contributed by atoms with van der Waals surface area (Å²) in [6.07, 6.45) is 3.96. The molecule has 3 N–H and O–H groups in total. The molecule has 0 aromatic rings. The average Bonchev–Trinajstić information content (AvgIpc) is 2.76. The first-order valence-electron chi connectivity index (χ1n) is 6.72. The van der Waals surface area contributed by atoms with Crippen molar-refractivity contribution in [2.45, 2.75) is 58.0 Å². The summed E-state index contributed by atoms with van der Waals surface area (Å²) in [4.78, 5) is 24.7. The fraction of sp³-hybridized carbons (Fsp3) is 0.846. The molecule has 1 aliphatic rings. The number of nitrogens with zero attached hydrogens (tertiary/aromatic N) is 1. The molecule has 3 atom stereocenters. The van der Waals surface area contributed by atoms with Crippen LogP contribution in [0.3, 0.4) is 0 Å². The van der Waals surface area contributed by atoms with E-state index < -0.39 is 12.0 Å². The lowest BCUT2D eigenvalue weighted by atomic mass is 10.0. The van der Waals surface area contributed by atoms with Crippen molar-refractivity contribution in [3.8, 4) is 0 Å². The summed E-state index contributed by atoms with van der Waals surface area (Å²) in [5.41, 5.74) is 5.67. The smallest absolute Gasteiger partial charge is 0.326 e. The number of carbonyl (C=O) groups is 2. The number of amides is 1. The van der Waals surface area contributed by atoms with Gasteiger partial charge in [-0.15, -0.1) is 0 Å². The van der Waals surface area contributed by atoms with Crippen molar-refractivity contribution in [2.24, 2.45) is 11.7 Å². The number of rotatable bonds is 6. The van der Waals surface area contributed by atoms with E-state index in [1.54, 1.807) is 0 Å². The molecule has 0 aliphatic carbocycles. The van der Waals surface area contributed by atoms with Crippen molar-refractivity contribution in [3.05, 3.63) is 0 Å². The highest BCUT2D eigenvalue weighted by atomic mass is 16.4. The lowest BCUT2D eigenvalue weighted by Gasteiger charge is -2.25. The van der Waals surface area contributed by atoms with Gasteiger partial charge >= 0.3 is 5.97 Å². The molecule has 0 aromatic heterocycles. The predicted octanol–water partition coefficient (Wildman–Crippen LogP) is 1.22. The van der Waals surface area contributed by atoms with E-state index in [4.69, 9.17) is 10.8 Å². The highest BCUT2D eigenvalue weighted by molar-refractivity contribution is 5.85. The molecule has 104 valence electrons. The lowest BCUT2D eigenvalue weighted by molar-refractivity contribution is -0.149. The molecule has 0 spiro atoms. The first kappa shape index (κ1) is 15.0.